The van der Waals surface area contributed by atoms with Crippen molar-refractivity contribution in [2.45, 2.75) is 32.0 Å². The van der Waals surface area contributed by atoms with Crippen molar-refractivity contribution in [2.75, 3.05) is 23.4 Å². The monoisotopic (exact) mass is 664 g/mol. The molecule has 0 fully saturated rings. The lowest BCUT2D eigenvalue weighted by Crippen LogP contribution is -2.42. The number of esters is 2. The van der Waals surface area contributed by atoms with E-state index in [0.29, 0.717) is 34.6 Å². The van der Waals surface area contributed by atoms with Gasteiger partial charge in [-0.05, 0) is 60.5 Å². The first-order valence-corrected chi connectivity index (χ1v) is 15.0. The van der Waals surface area contributed by atoms with Crippen LogP contribution in [0.15, 0.2) is 85.1 Å². The SMILES string of the molecule is CN(Cc1cnc2nc(N)nc(N)c2n1)c1ccc(C(=O)NC(CCC(=O)O)C(=O)OCc2ccc(C(=O)Oc3ccccc3)cc2)cc1. The molecule has 6 N–H and O–H groups in total. The predicted molar refractivity (Wildman–Crippen MR) is 178 cm³/mol. The van der Waals surface area contributed by atoms with E-state index in [9.17, 15) is 24.3 Å². The minimum absolute atomic E-state index is 0.00497. The number of ether oxygens (including phenoxy) is 2. The number of anilines is 3. The molecule has 250 valence electrons. The smallest absolute Gasteiger partial charge is 0.343 e. The number of hydrogen-bond donors (Lipinski definition) is 4. The van der Waals surface area contributed by atoms with Gasteiger partial charge in [-0.2, -0.15) is 9.97 Å². The molecule has 2 aromatic heterocycles. The van der Waals surface area contributed by atoms with Crippen LogP contribution in [0.5, 0.6) is 5.75 Å². The van der Waals surface area contributed by atoms with E-state index < -0.39 is 29.9 Å². The fraction of sp³-hybridized carbons (Fsp3) is 0.176. The summed E-state index contributed by atoms with van der Waals surface area (Å²) in [4.78, 5) is 68.3. The summed E-state index contributed by atoms with van der Waals surface area (Å²) in [5.41, 5.74) is 14.6. The van der Waals surface area contributed by atoms with Gasteiger partial charge in [-0.3, -0.25) is 9.59 Å². The highest BCUT2D eigenvalue weighted by Gasteiger charge is 2.24. The van der Waals surface area contributed by atoms with Crippen LogP contribution in [0.2, 0.25) is 0 Å². The molecule has 0 bridgehead atoms. The Kier molecular flexibility index (Phi) is 10.5. The van der Waals surface area contributed by atoms with Crippen LogP contribution in [-0.2, 0) is 27.5 Å². The minimum atomic E-state index is -1.22. The van der Waals surface area contributed by atoms with Crippen LogP contribution in [0.3, 0.4) is 0 Å². The van der Waals surface area contributed by atoms with E-state index in [1.807, 2.05) is 11.9 Å². The molecule has 0 saturated carbocycles. The van der Waals surface area contributed by atoms with Crippen LogP contribution < -0.4 is 26.4 Å². The Bertz CT molecular complexity index is 1970. The molecule has 49 heavy (non-hydrogen) atoms. The topological polar surface area (TPSA) is 226 Å². The zero-order chi connectivity index (χ0) is 34.9. The minimum Gasteiger partial charge on any atom is -0.481 e. The zero-order valence-electron chi connectivity index (χ0n) is 26.3. The van der Waals surface area contributed by atoms with Crippen LogP contribution in [0.4, 0.5) is 17.5 Å². The molecular formula is C34H32N8O7. The number of fused-ring (bicyclic) bond motifs is 1. The number of nitrogens with one attached hydrogen (secondary N) is 1. The number of nitrogens with zero attached hydrogens (tertiary/aromatic N) is 5. The molecule has 0 radical (unpaired) electrons. The van der Waals surface area contributed by atoms with E-state index in [2.05, 4.69) is 25.3 Å². The van der Waals surface area contributed by atoms with Gasteiger partial charge in [0.25, 0.3) is 5.91 Å². The summed E-state index contributed by atoms with van der Waals surface area (Å²) in [6.07, 6.45) is 1.01. The van der Waals surface area contributed by atoms with Crippen molar-refractivity contribution in [3.63, 3.8) is 0 Å². The average molecular weight is 665 g/mol. The highest BCUT2D eigenvalue weighted by molar-refractivity contribution is 5.97. The highest BCUT2D eigenvalue weighted by Crippen LogP contribution is 2.19. The van der Waals surface area contributed by atoms with Crippen LogP contribution >= 0.6 is 0 Å². The molecule has 0 aliphatic rings. The number of carbonyl (C=O) groups excluding carboxylic acids is 3. The third-order valence-electron chi connectivity index (χ3n) is 7.23. The van der Waals surface area contributed by atoms with E-state index in [1.165, 1.54) is 12.1 Å². The van der Waals surface area contributed by atoms with Gasteiger partial charge in [0, 0.05) is 24.7 Å². The molecule has 15 heteroatoms. The number of hydrogen-bond acceptors (Lipinski definition) is 13. The lowest BCUT2D eigenvalue weighted by molar-refractivity contribution is -0.147. The number of nitrogens with two attached hydrogens (primary N) is 2. The number of aliphatic carboxylic acids is 1. The molecule has 1 unspecified atom stereocenters. The number of para-hydroxylation sites is 1. The van der Waals surface area contributed by atoms with E-state index >= 15 is 0 Å². The molecule has 5 rings (SSSR count). The second-order valence-electron chi connectivity index (χ2n) is 10.9. The molecule has 0 aliphatic carbocycles. The standard InChI is InChI=1S/C34H32N8O7/c1-42(18-23-17-37-30-28(38-23)29(35)40-34(36)41-30)24-13-11-21(12-14-24)31(45)39-26(15-16-27(43)44)33(47)48-19-20-7-9-22(10-8-20)32(46)49-25-5-3-2-4-6-25/h2-14,17,26H,15-16,18-19H2,1H3,(H,39,45)(H,43,44)(H4,35,36,37,40,41). The fourth-order valence-corrected chi connectivity index (χ4v) is 4.67. The summed E-state index contributed by atoms with van der Waals surface area (Å²) in [5, 5.41) is 11.8. The van der Waals surface area contributed by atoms with Gasteiger partial charge in [-0.15, -0.1) is 0 Å². The number of rotatable bonds is 13. The maximum absolute atomic E-state index is 13.1. The lowest BCUT2D eigenvalue weighted by atomic mass is 10.1. The quantitative estimate of drug-likeness (QED) is 0.105. The second-order valence-corrected chi connectivity index (χ2v) is 10.9. The Labute approximate surface area is 279 Å². The first-order valence-electron chi connectivity index (χ1n) is 15.0. The summed E-state index contributed by atoms with van der Waals surface area (Å²) in [6.45, 7) is 0.185. The second kappa shape index (κ2) is 15.3. The summed E-state index contributed by atoms with van der Waals surface area (Å²) >= 11 is 0. The third-order valence-corrected chi connectivity index (χ3v) is 7.23. The predicted octanol–water partition coefficient (Wildman–Crippen LogP) is 3.15. The van der Waals surface area contributed by atoms with Crippen LogP contribution in [-0.4, -0.2) is 61.9 Å². The van der Waals surface area contributed by atoms with Gasteiger partial charge in [0.15, 0.2) is 17.0 Å². The van der Waals surface area contributed by atoms with Crippen molar-refractivity contribution in [3.05, 3.63) is 107 Å². The molecule has 3 aromatic carbocycles. The van der Waals surface area contributed by atoms with Crippen molar-refractivity contribution < 1.29 is 33.8 Å². The summed E-state index contributed by atoms with van der Waals surface area (Å²) in [5.74, 6) is -2.53. The first-order chi connectivity index (χ1) is 23.5. The van der Waals surface area contributed by atoms with Crippen molar-refractivity contribution >= 4 is 52.4 Å². The Balaban J connectivity index is 1.17. The highest BCUT2D eigenvalue weighted by atomic mass is 16.5. The Hall–Kier alpha value is -6.64. The Morgan fingerprint density at radius 2 is 1.59 bits per heavy atom. The van der Waals surface area contributed by atoms with Crippen molar-refractivity contribution in [1.29, 1.82) is 0 Å². The van der Waals surface area contributed by atoms with Gasteiger partial charge in [0.05, 0.1) is 24.0 Å². The summed E-state index contributed by atoms with van der Waals surface area (Å²) < 4.78 is 10.7. The molecule has 0 aliphatic heterocycles. The molecule has 1 amide bonds. The number of aromatic nitrogens is 4. The summed E-state index contributed by atoms with van der Waals surface area (Å²) in [6, 6.07) is 20.3. The number of nitrogen functional groups attached to an aromatic ring is 2. The third kappa shape index (κ3) is 9.00. The Morgan fingerprint density at radius 3 is 2.29 bits per heavy atom. The van der Waals surface area contributed by atoms with Gasteiger partial charge in [-0.1, -0.05) is 30.3 Å². The average Bonchev–Trinajstić information content (AvgIpc) is 3.09. The maximum atomic E-state index is 13.1. The van der Waals surface area contributed by atoms with Gasteiger partial charge in [0.2, 0.25) is 5.95 Å². The van der Waals surface area contributed by atoms with E-state index in [0.717, 1.165) is 5.69 Å². The fourth-order valence-electron chi connectivity index (χ4n) is 4.67. The van der Waals surface area contributed by atoms with E-state index in [-0.39, 0.29) is 42.4 Å². The number of amides is 1. The number of carbonyl (C=O) groups is 4. The van der Waals surface area contributed by atoms with E-state index in [1.54, 1.807) is 72.9 Å². The van der Waals surface area contributed by atoms with Crippen LogP contribution in [0.25, 0.3) is 11.2 Å². The number of benzene rings is 3. The molecule has 5 aromatic rings. The molecule has 1 atom stereocenters. The largest absolute Gasteiger partial charge is 0.481 e. The van der Waals surface area contributed by atoms with Crippen LogP contribution in [0, 0.1) is 0 Å². The molecule has 2 heterocycles. The lowest BCUT2D eigenvalue weighted by Gasteiger charge is -2.20. The van der Waals surface area contributed by atoms with Crippen molar-refractivity contribution in [1.82, 2.24) is 25.3 Å². The van der Waals surface area contributed by atoms with Gasteiger partial charge in [0.1, 0.15) is 18.4 Å². The molecule has 0 spiro atoms. The van der Waals surface area contributed by atoms with Gasteiger partial charge < -0.3 is 36.3 Å². The van der Waals surface area contributed by atoms with Gasteiger partial charge >= 0.3 is 17.9 Å². The zero-order valence-corrected chi connectivity index (χ0v) is 26.3. The molecule has 15 nitrogen and oxygen atoms in total. The summed E-state index contributed by atoms with van der Waals surface area (Å²) in [7, 11) is 1.83. The van der Waals surface area contributed by atoms with Gasteiger partial charge in [-0.25, -0.2) is 19.6 Å². The Morgan fingerprint density at radius 1 is 0.898 bits per heavy atom. The van der Waals surface area contributed by atoms with Crippen molar-refractivity contribution in [3.8, 4) is 5.75 Å². The number of carboxylic acids is 1. The number of carboxylic acid groups (broad SMARTS) is 1. The van der Waals surface area contributed by atoms with E-state index in [4.69, 9.17) is 20.9 Å². The van der Waals surface area contributed by atoms with Crippen molar-refractivity contribution in [2.24, 2.45) is 0 Å². The normalized spacial score (nSPS) is 11.4. The molecule has 0 saturated heterocycles. The van der Waals surface area contributed by atoms with Crippen LogP contribution in [0.1, 0.15) is 44.8 Å². The first kappa shape index (κ1) is 33.7. The molecular weight excluding hydrogens is 632 g/mol. The maximum Gasteiger partial charge on any atom is 0.343 e.